The van der Waals surface area contributed by atoms with Gasteiger partial charge in [-0.15, -0.1) is 5.10 Å². The number of amides is 2. The molecule has 9 heteroatoms. The Hall–Kier alpha value is -3.88. The summed E-state index contributed by atoms with van der Waals surface area (Å²) in [6.45, 7) is 1.91. The van der Waals surface area contributed by atoms with Crippen molar-refractivity contribution in [1.82, 2.24) is 25.5 Å². The van der Waals surface area contributed by atoms with Crippen LogP contribution in [0.3, 0.4) is 0 Å². The summed E-state index contributed by atoms with van der Waals surface area (Å²) in [5.74, 6) is 1.15. The fraction of sp³-hybridized carbons (Fsp3) is 0.158. The number of urea groups is 1. The van der Waals surface area contributed by atoms with Crippen LogP contribution in [0.2, 0.25) is 0 Å². The van der Waals surface area contributed by atoms with E-state index in [1.165, 1.54) is 19.7 Å². The zero-order valence-electron chi connectivity index (χ0n) is 15.3. The van der Waals surface area contributed by atoms with E-state index in [0.29, 0.717) is 34.1 Å². The van der Waals surface area contributed by atoms with Crippen molar-refractivity contribution in [3.63, 3.8) is 0 Å². The number of aromatic amines is 1. The van der Waals surface area contributed by atoms with Crippen LogP contribution in [-0.2, 0) is 0 Å². The molecule has 0 aliphatic heterocycles. The highest BCUT2D eigenvalue weighted by Gasteiger charge is 2.19. The van der Waals surface area contributed by atoms with Crippen molar-refractivity contribution < 1.29 is 13.9 Å². The van der Waals surface area contributed by atoms with Crippen molar-refractivity contribution in [2.75, 3.05) is 12.4 Å². The molecular formula is C19H18N6O3. The van der Waals surface area contributed by atoms with E-state index in [9.17, 15) is 4.79 Å². The predicted molar refractivity (Wildman–Crippen MR) is 103 cm³/mol. The maximum Gasteiger partial charge on any atom is 0.320 e. The van der Waals surface area contributed by atoms with Gasteiger partial charge in [0.1, 0.15) is 11.5 Å². The number of nitrogens with one attached hydrogen (secondary N) is 3. The van der Waals surface area contributed by atoms with Crippen molar-refractivity contribution in [2.24, 2.45) is 0 Å². The number of aromatic nitrogens is 4. The summed E-state index contributed by atoms with van der Waals surface area (Å²) in [4.78, 5) is 20.9. The fourth-order valence-corrected chi connectivity index (χ4v) is 2.91. The van der Waals surface area contributed by atoms with E-state index >= 15 is 0 Å². The maximum atomic E-state index is 12.4. The highest BCUT2D eigenvalue weighted by atomic mass is 16.5. The number of pyridine rings is 1. The molecule has 0 aliphatic rings. The van der Waals surface area contributed by atoms with Gasteiger partial charge in [-0.3, -0.25) is 10.4 Å². The van der Waals surface area contributed by atoms with Crippen molar-refractivity contribution in [3.05, 3.63) is 54.6 Å². The van der Waals surface area contributed by atoms with E-state index < -0.39 is 0 Å². The SMILES string of the molecule is COc1n[nH]c2cc(NC(=O)NC(C)c3ccccc3)nc(-c3cnco3)c12. The molecule has 0 spiro atoms. The summed E-state index contributed by atoms with van der Waals surface area (Å²) in [6.07, 6.45) is 2.85. The number of benzene rings is 1. The van der Waals surface area contributed by atoms with E-state index in [1.807, 2.05) is 37.3 Å². The topological polar surface area (TPSA) is 118 Å². The van der Waals surface area contributed by atoms with E-state index in [0.717, 1.165) is 5.56 Å². The first-order chi connectivity index (χ1) is 13.7. The average molecular weight is 378 g/mol. The number of carbonyl (C=O) groups is 1. The molecule has 28 heavy (non-hydrogen) atoms. The van der Waals surface area contributed by atoms with Gasteiger partial charge in [-0.05, 0) is 12.5 Å². The lowest BCUT2D eigenvalue weighted by atomic mass is 10.1. The Labute approximate surface area is 160 Å². The molecule has 0 bridgehead atoms. The smallest absolute Gasteiger partial charge is 0.320 e. The molecule has 0 radical (unpaired) electrons. The Bertz CT molecular complexity index is 1090. The molecule has 1 atom stereocenters. The predicted octanol–water partition coefficient (Wildman–Crippen LogP) is 3.50. The maximum absolute atomic E-state index is 12.4. The monoisotopic (exact) mass is 378 g/mol. The highest BCUT2D eigenvalue weighted by molar-refractivity contribution is 5.99. The number of ether oxygens (including phenoxy) is 1. The lowest BCUT2D eigenvalue weighted by Crippen LogP contribution is -2.31. The van der Waals surface area contributed by atoms with Crippen LogP contribution in [0.15, 0.2) is 53.4 Å². The van der Waals surface area contributed by atoms with E-state index in [1.54, 1.807) is 6.07 Å². The van der Waals surface area contributed by atoms with Gasteiger partial charge in [0, 0.05) is 6.07 Å². The fourth-order valence-electron chi connectivity index (χ4n) is 2.91. The molecular weight excluding hydrogens is 360 g/mol. The van der Waals surface area contributed by atoms with Gasteiger partial charge in [0.15, 0.2) is 12.2 Å². The number of methoxy groups -OCH3 is 1. The van der Waals surface area contributed by atoms with Crippen LogP contribution >= 0.6 is 0 Å². The third-order valence-corrected chi connectivity index (χ3v) is 4.26. The molecule has 0 saturated heterocycles. The minimum absolute atomic E-state index is 0.161. The third-order valence-electron chi connectivity index (χ3n) is 4.26. The number of oxazole rings is 1. The lowest BCUT2D eigenvalue weighted by Gasteiger charge is -2.15. The highest BCUT2D eigenvalue weighted by Crippen LogP contribution is 2.33. The molecule has 3 N–H and O–H groups in total. The van der Waals surface area contributed by atoms with Crippen LogP contribution in [-0.4, -0.2) is 33.3 Å². The number of carbonyl (C=O) groups excluding carboxylic acids is 1. The summed E-state index contributed by atoms with van der Waals surface area (Å²) >= 11 is 0. The second kappa shape index (κ2) is 7.39. The standard InChI is InChI=1S/C19H18N6O3/c1-11(12-6-4-3-5-7-12)21-19(26)23-15-8-13-16(18(27-2)25-24-13)17(22-15)14-9-20-10-28-14/h3-11H,1-2H3,(H,24,25)(H2,21,22,23,26). The molecule has 0 aliphatic carbocycles. The zero-order chi connectivity index (χ0) is 19.5. The largest absolute Gasteiger partial charge is 0.479 e. The lowest BCUT2D eigenvalue weighted by molar-refractivity contribution is 0.249. The van der Waals surface area contributed by atoms with Gasteiger partial charge in [0.05, 0.1) is 30.3 Å². The average Bonchev–Trinajstić information content (AvgIpc) is 3.37. The van der Waals surface area contributed by atoms with Crippen LogP contribution in [0.4, 0.5) is 10.6 Å². The Morgan fingerprint density at radius 1 is 1.29 bits per heavy atom. The quantitative estimate of drug-likeness (QED) is 0.489. The van der Waals surface area contributed by atoms with Gasteiger partial charge in [-0.2, -0.15) is 0 Å². The van der Waals surface area contributed by atoms with Crippen LogP contribution in [0, 0.1) is 0 Å². The second-order valence-corrected chi connectivity index (χ2v) is 6.11. The van der Waals surface area contributed by atoms with Gasteiger partial charge in [-0.25, -0.2) is 14.8 Å². The number of fused-ring (bicyclic) bond motifs is 1. The van der Waals surface area contributed by atoms with Gasteiger partial charge >= 0.3 is 6.03 Å². The minimum Gasteiger partial charge on any atom is -0.479 e. The Kier molecular flexibility index (Phi) is 4.63. The van der Waals surface area contributed by atoms with Gasteiger partial charge in [0.2, 0.25) is 5.88 Å². The third kappa shape index (κ3) is 3.37. The first-order valence-electron chi connectivity index (χ1n) is 8.60. The van der Waals surface area contributed by atoms with Gasteiger partial charge in [0.25, 0.3) is 0 Å². The second-order valence-electron chi connectivity index (χ2n) is 6.11. The van der Waals surface area contributed by atoms with Crippen molar-refractivity contribution >= 4 is 22.8 Å². The molecule has 9 nitrogen and oxygen atoms in total. The molecule has 0 saturated carbocycles. The van der Waals surface area contributed by atoms with Crippen molar-refractivity contribution in [1.29, 1.82) is 0 Å². The van der Waals surface area contributed by atoms with Crippen molar-refractivity contribution in [2.45, 2.75) is 13.0 Å². The molecule has 0 fully saturated rings. The minimum atomic E-state index is -0.377. The number of nitrogens with zero attached hydrogens (tertiary/aromatic N) is 3. The number of rotatable bonds is 5. The van der Waals surface area contributed by atoms with Crippen LogP contribution in [0.25, 0.3) is 22.4 Å². The molecule has 1 aromatic carbocycles. The summed E-state index contributed by atoms with van der Waals surface area (Å²) < 4.78 is 10.7. The normalized spacial score (nSPS) is 11.9. The molecule has 4 rings (SSSR count). The van der Waals surface area contributed by atoms with Crippen LogP contribution in [0.5, 0.6) is 5.88 Å². The van der Waals surface area contributed by atoms with Gasteiger partial charge in [-0.1, -0.05) is 30.3 Å². The Morgan fingerprint density at radius 2 is 2.11 bits per heavy atom. The molecule has 3 aromatic heterocycles. The summed E-state index contributed by atoms with van der Waals surface area (Å²) in [5.41, 5.74) is 2.11. The molecule has 142 valence electrons. The Balaban J connectivity index is 1.61. The van der Waals surface area contributed by atoms with E-state index in [2.05, 4.69) is 30.8 Å². The van der Waals surface area contributed by atoms with E-state index in [-0.39, 0.29) is 12.1 Å². The van der Waals surface area contributed by atoms with Crippen LogP contribution < -0.4 is 15.4 Å². The summed E-state index contributed by atoms with van der Waals surface area (Å²) in [7, 11) is 1.52. The zero-order valence-corrected chi connectivity index (χ0v) is 15.3. The number of hydrogen-bond donors (Lipinski definition) is 3. The summed E-state index contributed by atoms with van der Waals surface area (Å²) in [5, 5.41) is 13.3. The number of hydrogen-bond acceptors (Lipinski definition) is 6. The van der Waals surface area contributed by atoms with E-state index in [4.69, 9.17) is 9.15 Å². The first kappa shape index (κ1) is 17.5. The van der Waals surface area contributed by atoms with Crippen LogP contribution in [0.1, 0.15) is 18.5 Å². The first-order valence-corrected chi connectivity index (χ1v) is 8.60. The number of H-pyrrole nitrogens is 1. The van der Waals surface area contributed by atoms with Gasteiger partial charge < -0.3 is 14.5 Å². The van der Waals surface area contributed by atoms with Crippen molar-refractivity contribution in [3.8, 4) is 17.3 Å². The Morgan fingerprint density at radius 3 is 2.82 bits per heavy atom. The molecule has 3 heterocycles. The summed E-state index contributed by atoms with van der Waals surface area (Å²) in [6, 6.07) is 10.8. The molecule has 4 aromatic rings. The number of anilines is 1. The molecule has 1 unspecified atom stereocenters. The molecule has 2 amide bonds.